The summed E-state index contributed by atoms with van der Waals surface area (Å²) in [6, 6.07) is 12.1. The van der Waals surface area contributed by atoms with Crippen LogP contribution >= 0.6 is 11.6 Å². The molecular weight excluding hydrogens is 282 g/mol. The van der Waals surface area contributed by atoms with Gasteiger partial charge in [0.15, 0.2) is 0 Å². The summed E-state index contributed by atoms with van der Waals surface area (Å²) in [5.41, 5.74) is 5.95. The van der Waals surface area contributed by atoms with Gasteiger partial charge in [0, 0.05) is 22.8 Å². The quantitative estimate of drug-likeness (QED) is 0.706. The lowest BCUT2D eigenvalue weighted by Gasteiger charge is -2.06. The molecule has 0 saturated carbocycles. The second kappa shape index (κ2) is 5.23. The SMILES string of the molecule is Cc1ccc(-c2nc3cc(Cl)ccn3c2CC#N)c(C)c1. The first-order chi connectivity index (χ1) is 10.1. The highest BCUT2D eigenvalue weighted by Crippen LogP contribution is 2.29. The molecule has 104 valence electrons. The summed E-state index contributed by atoms with van der Waals surface area (Å²) in [5.74, 6) is 0. The van der Waals surface area contributed by atoms with Gasteiger partial charge in [-0.15, -0.1) is 0 Å². The Morgan fingerprint density at radius 3 is 2.76 bits per heavy atom. The van der Waals surface area contributed by atoms with Crippen molar-refractivity contribution in [2.75, 3.05) is 0 Å². The number of hydrogen-bond acceptors (Lipinski definition) is 2. The molecule has 0 fully saturated rings. The monoisotopic (exact) mass is 295 g/mol. The van der Waals surface area contributed by atoms with Gasteiger partial charge in [0.05, 0.1) is 23.9 Å². The zero-order valence-corrected chi connectivity index (χ0v) is 12.6. The molecule has 2 heterocycles. The van der Waals surface area contributed by atoms with Gasteiger partial charge in [0.1, 0.15) is 5.65 Å². The van der Waals surface area contributed by atoms with E-state index in [1.807, 2.05) is 22.7 Å². The standard InChI is InChI=1S/C17H14ClN3/c1-11-3-4-14(12(2)9-11)17-15(5-7-19)21-8-6-13(18)10-16(21)20-17/h3-4,6,8-10H,5H2,1-2H3. The van der Waals surface area contributed by atoms with Crippen molar-refractivity contribution in [1.29, 1.82) is 5.26 Å². The third kappa shape index (κ3) is 2.39. The minimum atomic E-state index is 0.311. The third-order valence-corrected chi connectivity index (χ3v) is 3.81. The summed E-state index contributed by atoms with van der Waals surface area (Å²) in [6.07, 6.45) is 2.18. The highest BCUT2D eigenvalue weighted by Gasteiger charge is 2.15. The average molecular weight is 296 g/mol. The number of rotatable bonds is 2. The van der Waals surface area contributed by atoms with Crippen molar-refractivity contribution >= 4 is 17.2 Å². The minimum Gasteiger partial charge on any atom is -0.302 e. The second-order valence-electron chi connectivity index (χ2n) is 5.13. The molecule has 3 nitrogen and oxygen atoms in total. The molecule has 0 N–H and O–H groups in total. The van der Waals surface area contributed by atoms with E-state index >= 15 is 0 Å². The largest absolute Gasteiger partial charge is 0.302 e. The highest BCUT2D eigenvalue weighted by molar-refractivity contribution is 6.30. The molecule has 0 bridgehead atoms. The molecular formula is C17H14ClN3. The van der Waals surface area contributed by atoms with Crippen LogP contribution in [0.3, 0.4) is 0 Å². The zero-order chi connectivity index (χ0) is 15.0. The van der Waals surface area contributed by atoms with Gasteiger partial charge in [-0.1, -0.05) is 35.4 Å². The minimum absolute atomic E-state index is 0.311. The van der Waals surface area contributed by atoms with Gasteiger partial charge < -0.3 is 4.40 Å². The first kappa shape index (κ1) is 13.7. The lowest BCUT2D eigenvalue weighted by molar-refractivity contribution is 1.06. The maximum atomic E-state index is 9.12. The molecule has 0 aliphatic heterocycles. The van der Waals surface area contributed by atoms with Crippen LogP contribution in [0.2, 0.25) is 5.02 Å². The molecule has 4 heteroatoms. The van der Waals surface area contributed by atoms with Crippen LogP contribution < -0.4 is 0 Å². The number of fused-ring (bicyclic) bond motifs is 1. The van der Waals surface area contributed by atoms with Crippen LogP contribution in [0.25, 0.3) is 16.9 Å². The normalized spacial score (nSPS) is 10.8. The van der Waals surface area contributed by atoms with Crippen LogP contribution in [0.5, 0.6) is 0 Å². The van der Waals surface area contributed by atoms with E-state index in [0.29, 0.717) is 11.4 Å². The molecule has 0 spiro atoms. The molecule has 21 heavy (non-hydrogen) atoms. The lowest BCUT2D eigenvalue weighted by atomic mass is 10.0. The predicted octanol–water partition coefficient (Wildman–Crippen LogP) is 4.34. The van der Waals surface area contributed by atoms with Crippen molar-refractivity contribution in [1.82, 2.24) is 9.38 Å². The van der Waals surface area contributed by atoms with E-state index in [2.05, 4.69) is 43.1 Å². The number of pyridine rings is 1. The number of nitrogens with zero attached hydrogens (tertiary/aromatic N) is 3. The van der Waals surface area contributed by atoms with Crippen molar-refractivity contribution in [3.05, 3.63) is 58.4 Å². The van der Waals surface area contributed by atoms with Crippen LogP contribution in [-0.4, -0.2) is 9.38 Å². The number of aryl methyl sites for hydroxylation is 2. The van der Waals surface area contributed by atoms with E-state index in [9.17, 15) is 0 Å². The smallest absolute Gasteiger partial charge is 0.139 e. The molecule has 0 atom stereocenters. The molecule has 0 radical (unpaired) electrons. The Morgan fingerprint density at radius 2 is 2.05 bits per heavy atom. The fraction of sp³-hybridized carbons (Fsp3) is 0.176. The molecule has 0 unspecified atom stereocenters. The van der Waals surface area contributed by atoms with Gasteiger partial charge in [0.25, 0.3) is 0 Å². The first-order valence-corrected chi connectivity index (χ1v) is 7.09. The van der Waals surface area contributed by atoms with E-state index in [1.54, 1.807) is 0 Å². The Labute approximate surface area is 128 Å². The lowest BCUT2D eigenvalue weighted by Crippen LogP contribution is -1.94. The molecule has 3 aromatic rings. The number of hydrogen-bond donors (Lipinski definition) is 0. The summed E-state index contributed by atoms with van der Waals surface area (Å²) in [7, 11) is 0. The number of nitriles is 1. The molecule has 3 rings (SSSR count). The van der Waals surface area contributed by atoms with Gasteiger partial charge in [-0.3, -0.25) is 0 Å². The maximum Gasteiger partial charge on any atom is 0.139 e. The van der Waals surface area contributed by atoms with Gasteiger partial charge in [-0.25, -0.2) is 4.98 Å². The van der Waals surface area contributed by atoms with E-state index in [0.717, 1.165) is 28.2 Å². The summed E-state index contributed by atoms with van der Waals surface area (Å²) in [4.78, 5) is 4.68. The molecule has 0 aliphatic rings. The highest BCUT2D eigenvalue weighted by atomic mass is 35.5. The van der Waals surface area contributed by atoms with Crippen molar-refractivity contribution in [2.24, 2.45) is 0 Å². The second-order valence-corrected chi connectivity index (χ2v) is 5.57. The van der Waals surface area contributed by atoms with Crippen molar-refractivity contribution < 1.29 is 0 Å². The maximum absolute atomic E-state index is 9.12. The fourth-order valence-electron chi connectivity index (χ4n) is 2.61. The molecule has 0 aliphatic carbocycles. The molecule has 1 aromatic carbocycles. The molecule has 0 amide bonds. The van der Waals surface area contributed by atoms with Gasteiger partial charge >= 0.3 is 0 Å². The average Bonchev–Trinajstić information content (AvgIpc) is 2.77. The third-order valence-electron chi connectivity index (χ3n) is 3.57. The van der Waals surface area contributed by atoms with Crippen LogP contribution in [0.15, 0.2) is 36.5 Å². The van der Waals surface area contributed by atoms with E-state index in [-0.39, 0.29) is 0 Å². The topological polar surface area (TPSA) is 41.1 Å². The Bertz CT molecular complexity index is 872. The Balaban J connectivity index is 2.30. The summed E-state index contributed by atoms with van der Waals surface area (Å²) < 4.78 is 1.93. The van der Waals surface area contributed by atoms with E-state index < -0.39 is 0 Å². The van der Waals surface area contributed by atoms with Crippen molar-refractivity contribution in [2.45, 2.75) is 20.3 Å². The van der Waals surface area contributed by atoms with Gasteiger partial charge in [0.2, 0.25) is 0 Å². The van der Waals surface area contributed by atoms with Crippen molar-refractivity contribution in [3.8, 4) is 17.3 Å². The summed E-state index contributed by atoms with van der Waals surface area (Å²) >= 11 is 6.04. The Hall–Kier alpha value is -2.31. The van der Waals surface area contributed by atoms with Gasteiger partial charge in [-0.2, -0.15) is 5.26 Å². The zero-order valence-electron chi connectivity index (χ0n) is 11.9. The number of halogens is 1. The summed E-state index contributed by atoms with van der Waals surface area (Å²) in [6.45, 7) is 4.13. The van der Waals surface area contributed by atoms with E-state index in [1.165, 1.54) is 5.56 Å². The first-order valence-electron chi connectivity index (χ1n) is 6.71. The number of benzene rings is 1. The van der Waals surface area contributed by atoms with Crippen molar-refractivity contribution in [3.63, 3.8) is 0 Å². The number of aromatic nitrogens is 2. The van der Waals surface area contributed by atoms with Crippen LogP contribution in [0.4, 0.5) is 0 Å². The predicted molar refractivity (Wildman–Crippen MR) is 84.4 cm³/mol. The molecule has 0 saturated heterocycles. The van der Waals surface area contributed by atoms with Gasteiger partial charge in [-0.05, 0) is 25.5 Å². The van der Waals surface area contributed by atoms with E-state index in [4.69, 9.17) is 16.9 Å². The van der Waals surface area contributed by atoms with Crippen LogP contribution in [0.1, 0.15) is 16.8 Å². The Kier molecular flexibility index (Phi) is 3.40. The summed E-state index contributed by atoms with van der Waals surface area (Å²) in [5, 5.41) is 9.76. The Morgan fingerprint density at radius 1 is 1.24 bits per heavy atom. The number of imidazole rings is 1. The van der Waals surface area contributed by atoms with Crippen LogP contribution in [0, 0.1) is 25.2 Å². The van der Waals surface area contributed by atoms with Crippen LogP contribution in [-0.2, 0) is 6.42 Å². The molecule has 2 aromatic heterocycles. The fourth-order valence-corrected chi connectivity index (χ4v) is 2.76.